The fraction of sp³-hybridized carbons (Fsp3) is 0.562. The summed E-state index contributed by atoms with van der Waals surface area (Å²) >= 11 is 0. The third-order valence-corrected chi connectivity index (χ3v) is 3.31. The molecule has 0 saturated carbocycles. The molecule has 0 fully saturated rings. The first-order chi connectivity index (χ1) is 9.97. The fourth-order valence-corrected chi connectivity index (χ4v) is 2.20. The van der Waals surface area contributed by atoms with Crippen molar-refractivity contribution in [3.05, 3.63) is 24.3 Å². The smallest absolute Gasteiger partial charge is 0.241 e. The number of nitrogens with one attached hydrogen (secondary N) is 1. The average Bonchev–Trinajstić information content (AvgIpc) is 2.45. The molecule has 5 heteroatoms. The van der Waals surface area contributed by atoms with Crippen LogP contribution in [0.25, 0.3) is 0 Å². The Bertz CT molecular complexity index is 432. The third-order valence-electron chi connectivity index (χ3n) is 3.31. The van der Waals surface area contributed by atoms with E-state index in [0.717, 1.165) is 17.9 Å². The largest absolute Gasteiger partial charge is 0.395 e. The Balaban J connectivity index is 2.63. The van der Waals surface area contributed by atoms with Crippen molar-refractivity contribution in [2.45, 2.75) is 33.2 Å². The number of aliphatic hydroxyl groups excluding tert-OH is 1. The number of anilines is 2. The first-order valence-corrected chi connectivity index (χ1v) is 7.50. The molecule has 5 nitrogen and oxygen atoms in total. The molecular formula is C16H27N3O2. The SMILES string of the molecule is CCN(CCO)c1ccc(NC(=O)C(N)CC(C)C)cc1. The number of rotatable bonds is 8. The zero-order valence-electron chi connectivity index (χ0n) is 13.2. The van der Waals surface area contributed by atoms with Gasteiger partial charge in [0.05, 0.1) is 12.6 Å². The molecule has 1 aromatic rings. The predicted molar refractivity (Wildman–Crippen MR) is 87.5 cm³/mol. The van der Waals surface area contributed by atoms with Crippen LogP contribution in [0, 0.1) is 5.92 Å². The van der Waals surface area contributed by atoms with Crippen molar-refractivity contribution in [3.63, 3.8) is 0 Å². The summed E-state index contributed by atoms with van der Waals surface area (Å²) in [5.41, 5.74) is 7.62. The van der Waals surface area contributed by atoms with Gasteiger partial charge in [-0.25, -0.2) is 0 Å². The van der Waals surface area contributed by atoms with Crippen molar-refractivity contribution in [1.29, 1.82) is 0 Å². The van der Waals surface area contributed by atoms with Crippen molar-refractivity contribution >= 4 is 17.3 Å². The number of carbonyl (C=O) groups is 1. The molecule has 0 radical (unpaired) electrons. The highest BCUT2D eigenvalue weighted by atomic mass is 16.3. The van der Waals surface area contributed by atoms with Crippen LogP contribution in [0.1, 0.15) is 27.2 Å². The number of aliphatic hydroxyl groups is 1. The van der Waals surface area contributed by atoms with E-state index in [1.165, 1.54) is 0 Å². The number of amides is 1. The lowest BCUT2D eigenvalue weighted by molar-refractivity contribution is -0.117. The van der Waals surface area contributed by atoms with Crippen molar-refractivity contribution in [1.82, 2.24) is 0 Å². The van der Waals surface area contributed by atoms with Crippen molar-refractivity contribution in [3.8, 4) is 0 Å². The Labute approximate surface area is 127 Å². The molecule has 0 aliphatic carbocycles. The highest BCUT2D eigenvalue weighted by molar-refractivity contribution is 5.94. The quantitative estimate of drug-likeness (QED) is 0.683. The molecule has 0 bridgehead atoms. The van der Waals surface area contributed by atoms with Crippen LogP contribution in [0.3, 0.4) is 0 Å². The van der Waals surface area contributed by atoms with Gasteiger partial charge in [0, 0.05) is 24.5 Å². The van der Waals surface area contributed by atoms with Crippen LogP contribution in [0.5, 0.6) is 0 Å². The topological polar surface area (TPSA) is 78.6 Å². The van der Waals surface area contributed by atoms with Gasteiger partial charge >= 0.3 is 0 Å². The van der Waals surface area contributed by atoms with Gasteiger partial charge in [0.25, 0.3) is 0 Å². The maximum atomic E-state index is 11.9. The van der Waals surface area contributed by atoms with Crippen molar-refractivity contribution in [2.24, 2.45) is 11.7 Å². The molecule has 1 unspecified atom stereocenters. The van der Waals surface area contributed by atoms with E-state index in [1.807, 2.05) is 45.0 Å². The van der Waals surface area contributed by atoms with Gasteiger partial charge in [0.2, 0.25) is 5.91 Å². The van der Waals surface area contributed by atoms with Gasteiger partial charge < -0.3 is 21.1 Å². The first kappa shape index (κ1) is 17.5. The van der Waals surface area contributed by atoms with Gasteiger partial charge in [-0.05, 0) is 43.5 Å². The molecule has 0 aliphatic heterocycles. The molecule has 0 aliphatic rings. The fourth-order valence-electron chi connectivity index (χ4n) is 2.20. The normalized spacial score (nSPS) is 12.3. The Morgan fingerprint density at radius 1 is 1.33 bits per heavy atom. The Morgan fingerprint density at radius 2 is 1.95 bits per heavy atom. The van der Waals surface area contributed by atoms with E-state index >= 15 is 0 Å². The second-order valence-corrected chi connectivity index (χ2v) is 5.58. The Hall–Kier alpha value is -1.59. The number of hydrogen-bond acceptors (Lipinski definition) is 4. The van der Waals surface area contributed by atoms with Crippen LogP contribution in [0.4, 0.5) is 11.4 Å². The zero-order chi connectivity index (χ0) is 15.8. The second-order valence-electron chi connectivity index (χ2n) is 5.58. The lowest BCUT2D eigenvalue weighted by Gasteiger charge is -2.22. The van der Waals surface area contributed by atoms with Crippen molar-refractivity contribution < 1.29 is 9.90 Å². The molecular weight excluding hydrogens is 266 g/mol. The van der Waals surface area contributed by atoms with E-state index in [1.54, 1.807) is 0 Å². The van der Waals surface area contributed by atoms with Crippen LogP contribution >= 0.6 is 0 Å². The zero-order valence-corrected chi connectivity index (χ0v) is 13.2. The average molecular weight is 293 g/mol. The number of benzene rings is 1. The van der Waals surface area contributed by atoms with E-state index in [4.69, 9.17) is 10.8 Å². The monoisotopic (exact) mass is 293 g/mol. The van der Waals surface area contributed by atoms with Crippen LogP contribution in [-0.2, 0) is 4.79 Å². The number of hydrogen-bond donors (Lipinski definition) is 3. The van der Waals surface area contributed by atoms with E-state index in [2.05, 4.69) is 10.2 Å². The summed E-state index contributed by atoms with van der Waals surface area (Å²) in [5.74, 6) is 0.240. The van der Waals surface area contributed by atoms with E-state index in [9.17, 15) is 4.79 Å². The summed E-state index contributed by atoms with van der Waals surface area (Å²) in [4.78, 5) is 14.0. The number of likely N-dealkylation sites (N-methyl/N-ethyl adjacent to an activating group) is 1. The summed E-state index contributed by atoms with van der Waals surface area (Å²) in [6, 6.07) is 7.10. The molecule has 0 saturated heterocycles. The summed E-state index contributed by atoms with van der Waals surface area (Å²) < 4.78 is 0. The number of carbonyl (C=O) groups excluding carboxylic acids is 1. The molecule has 0 aromatic heterocycles. The van der Waals surface area contributed by atoms with Crippen LogP contribution < -0.4 is 16.0 Å². The first-order valence-electron chi connectivity index (χ1n) is 7.50. The summed E-state index contributed by atoms with van der Waals surface area (Å²) in [7, 11) is 0. The van der Waals surface area contributed by atoms with Gasteiger partial charge in [-0.1, -0.05) is 13.8 Å². The Kier molecular flexibility index (Phi) is 7.19. The van der Waals surface area contributed by atoms with E-state index < -0.39 is 6.04 Å². The van der Waals surface area contributed by atoms with E-state index in [-0.39, 0.29) is 12.5 Å². The molecule has 1 aromatic carbocycles. The highest BCUT2D eigenvalue weighted by Gasteiger charge is 2.15. The molecule has 1 amide bonds. The third kappa shape index (κ3) is 5.73. The maximum Gasteiger partial charge on any atom is 0.241 e. The van der Waals surface area contributed by atoms with E-state index in [0.29, 0.717) is 18.9 Å². The standard InChI is InChI=1S/C16H27N3O2/c1-4-19(9-10-20)14-7-5-13(6-8-14)18-16(21)15(17)11-12(2)3/h5-8,12,15,20H,4,9-11,17H2,1-3H3,(H,18,21). The minimum Gasteiger partial charge on any atom is -0.395 e. The number of nitrogens with zero attached hydrogens (tertiary/aromatic N) is 1. The predicted octanol–water partition coefficient (Wildman–Crippen LogP) is 1.82. The van der Waals surface area contributed by atoms with Crippen LogP contribution in [-0.4, -0.2) is 36.8 Å². The van der Waals surface area contributed by atoms with Gasteiger partial charge in [-0.3, -0.25) is 4.79 Å². The highest BCUT2D eigenvalue weighted by Crippen LogP contribution is 2.18. The second kappa shape index (κ2) is 8.64. The van der Waals surface area contributed by atoms with Crippen LogP contribution in [0.15, 0.2) is 24.3 Å². The molecule has 1 rings (SSSR count). The summed E-state index contributed by atoms with van der Waals surface area (Å²) in [6.07, 6.45) is 0.671. The molecule has 21 heavy (non-hydrogen) atoms. The van der Waals surface area contributed by atoms with Crippen molar-refractivity contribution in [2.75, 3.05) is 29.9 Å². The molecule has 1 atom stereocenters. The maximum absolute atomic E-state index is 11.9. The Morgan fingerprint density at radius 3 is 2.43 bits per heavy atom. The minimum absolute atomic E-state index is 0.121. The van der Waals surface area contributed by atoms with Gasteiger partial charge in [-0.15, -0.1) is 0 Å². The molecule has 0 heterocycles. The molecule has 118 valence electrons. The van der Waals surface area contributed by atoms with Gasteiger partial charge in [0.1, 0.15) is 0 Å². The summed E-state index contributed by atoms with van der Waals surface area (Å²) in [6.45, 7) is 7.67. The molecule has 4 N–H and O–H groups in total. The van der Waals surface area contributed by atoms with Gasteiger partial charge in [0.15, 0.2) is 0 Å². The minimum atomic E-state index is -0.480. The number of nitrogens with two attached hydrogens (primary N) is 1. The van der Waals surface area contributed by atoms with Crippen LogP contribution in [0.2, 0.25) is 0 Å². The van der Waals surface area contributed by atoms with Gasteiger partial charge in [-0.2, -0.15) is 0 Å². The molecule has 0 spiro atoms. The lowest BCUT2D eigenvalue weighted by atomic mass is 10.0. The summed E-state index contributed by atoms with van der Waals surface area (Å²) in [5, 5.41) is 11.9. The lowest BCUT2D eigenvalue weighted by Crippen LogP contribution is -2.36.